The molecule has 7 heteroatoms. The molecule has 4 rings (SSSR count). The van der Waals surface area contributed by atoms with Gasteiger partial charge in [0, 0.05) is 12.6 Å². The first-order valence-corrected chi connectivity index (χ1v) is 10.1. The first kappa shape index (κ1) is 19.6. The summed E-state index contributed by atoms with van der Waals surface area (Å²) in [6, 6.07) is 5.97. The molecule has 2 aromatic rings. The molecule has 1 aromatic carbocycles. The molecule has 2 bridgehead atoms. The molecule has 1 aliphatic heterocycles. The van der Waals surface area contributed by atoms with Gasteiger partial charge in [0.15, 0.2) is 0 Å². The third-order valence-electron chi connectivity index (χ3n) is 6.05. The zero-order valence-corrected chi connectivity index (χ0v) is 17.7. The molecule has 0 spiro atoms. The lowest BCUT2D eigenvalue weighted by Crippen LogP contribution is -2.35. The Hall–Kier alpha value is -2.70. The van der Waals surface area contributed by atoms with Gasteiger partial charge in [0.25, 0.3) is 0 Å². The summed E-state index contributed by atoms with van der Waals surface area (Å²) in [6.45, 7) is 11.5. The molecule has 2 heterocycles. The number of hydrogen-bond acceptors (Lipinski definition) is 6. The minimum Gasteiger partial charge on any atom is -0.434 e. The number of rotatable bonds is 4. The summed E-state index contributed by atoms with van der Waals surface area (Å²) in [5.41, 5.74) is 2.26. The summed E-state index contributed by atoms with van der Waals surface area (Å²) in [5.74, 6) is 0.912. The maximum atomic E-state index is 12.0. The van der Waals surface area contributed by atoms with Crippen molar-refractivity contribution in [2.24, 2.45) is 10.8 Å². The minimum absolute atomic E-state index is 0.00383. The highest BCUT2D eigenvalue weighted by Crippen LogP contribution is 2.54. The van der Waals surface area contributed by atoms with E-state index in [0.29, 0.717) is 11.6 Å². The summed E-state index contributed by atoms with van der Waals surface area (Å²) in [5, 5.41) is 12.0. The number of hydrogen-bond donors (Lipinski definition) is 0. The number of fused-ring (bicyclic) bond motifs is 2. The number of nitro groups is 1. The van der Waals surface area contributed by atoms with Gasteiger partial charge >= 0.3 is 11.6 Å². The maximum absolute atomic E-state index is 12.0. The molecule has 2 fully saturated rings. The van der Waals surface area contributed by atoms with Crippen molar-refractivity contribution < 1.29 is 9.66 Å². The Bertz CT molecular complexity index is 954. The summed E-state index contributed by atoms with van der Waals surface area (Å²) in [6.07, 6.45) is 4.51. The fraction of sp³-hybridized carbons (Fsp3) is 0.545. The largest absolute Gasteiger partial charge is 0.434 e. The molecule has 1 aliphatic carbocycles. The SMILES string of the molecule is Cc1cc(C)cc(Oc2ncnc(N3CC4(C)CC3CC(C)(C)C4)c2[N+](=O)[O-])c1. The van der Waals surface area contributed by atoms with Gasteiger partial charge in [-0.3, -0.25) is 10.1 Å². The molecule has 1 saturated heterocycles. The molecule has 0 radical (unpaired) electrons. The average molecular weight is 396 g/mol. The monoisotopic (exact) mass is 396 g/mol. The van der Waals surface area contributed by atoms with E-state index in [1.54, 1.807) is 0 Å². The summed E-state index contributed by atoms with van der Waals surface area (Å²) in [7, 11) is 0. The number of aromatic nitrogens is 2. The van der Waals surface area contributed by atoms with E-state index in [-0.39, 0.29) is 28.4 Å². The van der Waals surface area contributed by atoms with Gasteiger partial charge in [0.1, 0.15) is 12.1 Å². The van der Waals surface area contributed by atoms with Crippen LogP contribution >= 0.6 is 0 Å². The standard InChI is InChI=1S/C22H28N4O3/c1-14-6-15(2)8-17(7-14)29-20-18(26(27)28)19(23-13-24-20)25-12-22(5)10-16(25)9-21(3,4)11-22/h6-8,13,16H,9-12H2,1-5H3. The Balaban J connectivity index is 1.74. The van der Waals surface area contributed by atoms with Crippen molar-refractivity contribution in [2.45, 2.75) is 59.9 Å². The van der Waals surface area contributed by atoms with Crippen molar-refractivity contribution >= 4 is 11.5 Å². The molecule has 2 unspecified atom stereocenters. The normalized spacial score (nSPS) is 25.1. The van der Waals surface area contributed by atoms with Crippen LogP contribution in [0.3, 0.4) is 0 Å². The van der Waals surface area contributed by atoms with E-state index in [9.17, 15) is 10.1 Å². The highest BCUT2D eigenvalue weighted by atomic mass is 16.6. The maximum Gasteiger partial charge on any atom is 0.373 e. The molecule has 154 valence electrons. The molecule has 7 nitrogen and oxygen atoms in total. The van der Waals surface area contributed by atoms with Gasteiger partial charge in [-0.1, -0.05) is 26.8 Å². The van der Waals surface area contributed by atoms with Crippen LogP contribution < -0.4 is 9.64 Å². The third-order valence-corrected chi connectivity index (χ3v) is 6.05. The van der Waals surface area contributed by atoms with E-state index in [1.165, 1.54) is 6.33 Å². The van der Waals surface area contributed by atoms with Crippen LogP contribution in [0, 0.1) is 34.8 Å². The van der Waals surface area contributed by atoms with E-state index in [2.05, 4.69) is 35.6 Å². The van der Waals surface area contributed by atoms with Gasteiger partial charge in [-0.2, -0.15) is 4.98 Å². The Morgan fingerprint density at radius 1 is 1.14 bits per heavy atom. The molecule has 29 heavy (non-hydrogen) atoms. The Labute approximate surface area is 171 Å². The van der Waals surface area contributed by atoms with Crippen molar-refractivity contribution in [1.82, 2.24) is 9.97 Å². The van der Waals surface area contributed by atoms with E-state index in [1.807, 2.05) is 32.0 Å². The van der Waals surface area contributed by atoms with E-state index in [0.717, 1.165) is 36.9 Å². The molecule has 0 amide bonds. The molecule has 1 aromatic heterocycles. The Kier molecular flexibility index (Phi) is 4.52. The fourth-order valence-corrected chi connectivity index (χ4v) is 5.61. The number of ether oxygens (including phenoxy) is 1. The lowest BCUT2D eigenvalue weighted by atomic mass is 9.65. The summed E-state index contributed by atoms with van der Waals surface area (Å²) in [4.78, 5) is 22.2. The first-order valence-electron chi connectivity index (χ1n) is 10.1. The second-order valence-electron chi connectivity index (χ2n) is 9.88. The van der Waals surface area contributed by atoms with E-state index < -0.39 is 4.92 Å². The fourth-order valence-electron chi connectivity index (χ4n) is 5.61. The molecule has 2 aliphatic rings. The van der Waals surface area contributed by atoms with Crippen LogP contribution in [-0.2, 0) is 0 Å². The average Bonchev–Trinajstić information content (AvgIpc) is 2.82. The van der Waals surface area contributed by atoms with Gasteiger partial charge in [-0.25, -0.2) is 4.98 Å². The number of aryl methyl sites for hydroxylation is 2. The zero-order valence-electron chi connectivity index (χ0n) is 17.7. The molecule has 1 saturated carbocycles. The minimum atomic E-state index is -0.414. The van der Waals surface area contributed by atoms with Gasteiger partial charge in [0.2, 0.25) is 5.82 Å². The van der Waals surface area contributed by atoms with Gasteiger partial charge < -0.3 is 9.64 Å². The van der Waals surface area contributed by atoms with Crippen molar-refractivity contribution in [3.05, 3.63) is 45.8 Å². The van der Waals surface area contributed by atoms with Gasteiger partial charge in [-0.05, 0) is 67.2 Å². The predicted molar refractivity (Wildman–Crippen MR) is 112 cm³/mol. The summed E-state index contributed by atoms with van der Waals surface area (Å²) < 4.78 is 5.89. The lowest BCUT2D eigenvalue weighted by Gasteiger charge is -2.39. The first-order chi connectivity index (χ1) is 13.6. The number of anilines is 1. The zero-order chi connectivity index (χ0) is 21.0. The number of nitrogens with zero attached hydrogens (tertiary/aromatic N) is 4. The van der Waals surface area contributed by atoms with Crippen molar-refractivity contribution in [1.29, 1.82) is 0 Å². The van der Waals surface area contributed by atoms with Crippen LogP contribution in [0.4, 0.5) is 11.5 Å². The quantitative estimate of drug-likeness (QED) is 0.522. The predicted octanol–water partition coefficient (Wildman–Crippen LogP) is 5.20. The highest BCUT2D eigenvalue weighted by Gasteiger charge is 2.51. The van der Waals surface area contributed by atoms with Crippen LogP contribution in [0.1, 0.15) is 51.2 Å². The molecular weight excluding hydrogens is 368 g/mol. The van der Waals surface area contributed by atoms with Crippen LogP contribution in [-0.4, -0.2) is 27.5 Å². The summed E-state index contributed by atoms with van der Waals surface area (Å²) >= 11 is 0. The second-order valence-corrected chi connectivity index (χ2v) is 9.88. The Morgan fingerprint density at radius 3 is 2.48 bits per heavy atom. The highest BCUT2D eigenvalue weighted by molar-refractivity contribution is 5.65. The van der Waals surface area contributed by atoms with Crippen molar-refractivity contribution in [3.63, 3.8) is 0 Å². The molecule has 0 N–H and O–H groups in total. The third kappa shape index (κ3) is 3.78. The van der Waals surface area contributed by atoms with Crippen molar-refractivity contribution in [2.75, 3.05) is 11.4 Å². The van der Waals surface area contributed by atoms with Crippen molar-refractivity contribution in [3.8, 4) is 11.6 Å². The van der Waals surface area contributed by atoms with Crippen LogP contribution in [0.25, 0.3) is 0 Å². The molecular formula is C22H28N4O3. The number of benzene rings is 1. The lowest BCUT2D eigenvalue weighted by molar-refractivity contribution is -0.385. The van der Waals surface area contributed by atoms with Gasteiger partial charge in [0.05, 0.1) is 4.92 Å². The van der Waals surface area contributed by atoms with Gasteiger partial charge in [-0.15, -0.1) is 0 Å². The topological polar surface area (TPSA) is 81.4 Å². The second kappa shape index (κ2) is 6.68. The van der Waals surface area contributed by atoms with Crippen LogP contribution in [0.2, 0.25) is 0 Å². The van der Waals surface area contributed by atoms with Crippen LogP contribution in [0.5, 0.6) is 11.6 Å². The Morgan fingerprint density at radius 2 is 1.83 bits per heavy atom. The smallest absolute Gasteiger partial charge is 0.373 e. The van der Waals surface area contributed by atoms with Crippen LogP contribution in [0.15, 0.2) is 24.5 Å². The molecule has 2 atom stereocenters. The van der Waals surface area contributed by atoms with E-state index >= 15 is 0 Å². The van der Waals surface area contributed by atoms with E-state index in [4.69, 9.17) is 4.74 Å².